The molecule has 0 aliphatic carbocycles. The Hall–Kier alpha value is -2.68. The number of nitrogens with zero attached hydrogens (tertiary/aromatic N) is 4. The zero-order valence-electron chi connectivity index (χ0n) is 11.9. The second-order valence-corrected chi connectivity index (χ2v) is 6.37. The Balaban J connectivity index is 1.45. The molecule has 0 saturated carbocycles. The Morgan fingerprint density at radius 2 is 2.13 bits per heavy atom. The van der Waals surface area contributed by atoms with E-state index in [2.05, 4.69) is 20.5 Å². The van der Waals surface area contributed by atoms with Crippen molar-refractivity contribution in [1.82, 2.24) is 19.7 Å². The first-order chi connectivity index (χ1) is 11.3. The van der Waals surface area contributed by atoms with E-state index in [-0.39, 0.29) is 12.7 Å². The number of fused-ring (bicyclic) bond motifs is 3. The average Bonchev–Trinajstić information content (AvgIpc) is 3.26. The summed E-state index contributed by atoms with van der Waals surface area (Å²) in [6.07, 6.45) is 1.87. The first-order valence-electron chi connectivity index (χ1n) is 7.21. The zero-order chi connectivity index (χ0) is 15.4. The van der Waals surface area contributed by atoms with Crippen molar-refractivity contribution < 1.29 is 14.3 Å². The molecule has 0 fully saturated rings. The molecule has 1 amide bonds. The predicted molar refractivity (Wildman–Crippen MR) is 82.0 cm³/mol. The number of hydrogen-bond acceptors (Lipinski definition) is 7. The van der Waals surface area contributed by atoms with Gasteiger partial charge in [0.1, 0.15) is 5.82 Å². The molecule has 2 aromatic heterocycles. The van der Waals surface area contributed by atoms with Gasteiger partial charge in [-0.1, -0.05) is 11.3 Å². The Morgan fingerprint density at radius 3 is 3.04 bits per heavy atom. The Bertz CT molecular complexity index is 906. The molecule has 23 heavy (non-hydrogen) atoms. The van der Waals surface area contributed by atoms with Gasteiger partial charge in [0.25, 0.3) is 5.91 Å². The Kier molecular flexibility index (Phi) is 2.60. The van der Waals surface area contributed by atoms with Crippen LogP contribution in [-0.4, -0.2) is 32.4 Å². The van der Waals surface area contributed by atoms with Gasteiger partial charge in [-0.3, -0.25) is 10.1 Å². The van der Waals surface area contributed by atoms with Gasteiger partial charge in [0.15, 0.2) is 16.6 Å². The van der Waals surface area contributed by atoms with E-state index in [0.717, 1.165) is 35.4 Å². The second kappa shape index (κ2) is 4.66. The van der Waals surface area contributed by atoms with Crippen LogP contribution in [0, 0.1) is 0 Å². The van der Waals surface area contributed by atoms with Gasteiger partial charge >= 0.3 is 0 Å². The van der Waals surface area contributed by atoms with E-state index in [1.807, 2.05) is 16.7 Å². The molecule has 1 N–H and O–H groups in total. The molecule has 4 heterocycles. The standard InChI is InChI=1S/C14H11N5O3S/c20-13(12-18-17-11-2-1-3-19(11)12)16-14-15-7-4-8-9(22-6-21-8)5-10(7)23-14/h4-5H,1-3,6H2,(H,15,16,20). The van der Waals surface area contributed by atoms with Crippen LogP contribution in [-0.2, 0) is 13.0 Å². The first kappa shape index (κ1) is 12.8. The number of carbonyl (C=O) groups is 1. The molecule has 116 valence electrons. The number of aromatic nitrogens is 4. The molecule has 0 bridgehead atoms. The van der Waals surface area contributed by atoms with E-state index in [0.29, 0.717) is 22.5 Å². The molecule has 2 aliphatic rings. The van der Waals surface area contributed by atoms with Crippen molar-refractivity contribution in [2.24, 2.45) is 0 Å². The van der Waals surface area contributed by atoms with Crippen LogP contribution in [0.5, 0.6) is 11.5 Å². The summed E-state index contributed by atoms with van der Waals surface area (Å²) in [4.78, 5) is 16.8. The lowest BCUT2D eigenvalue weighted by molar-refractivity contribution is 0.101. The molecule has 0 spiro atoms. The third kappa shape index (κ3) is 1.96. The third-order valence-electron chi connectivity index (χ3n) is 3.92. The number of ether oxygens (including phenoxy) is 2. The van der Waals surface area contributed by atoms with Crippen molar-refractivity contribution in [1.29, 1.82) is 0 Å². The van der Waals surface area contributed by atoms with Gasteiger partial charge in [0.05, 0.1) is 10.2 Å². The van der Waals surface area contributed by atoms with E-state index in [1.54, 1.807) is 0 Å². The van der Waals surface area contributed by atoms with Gasteiger partial charge in [0.2, 0.25) is 12.6 Å². The third-order valence-corrected chi connectivity index (χ3v) is 4.85. The SMILES string of the molecule is O=C(Nc1nc2cc3c(cc2s1)OCO3)c1nnc2n1CCC2. The maximum absolute atomic E-state index is 12.4. The predicted octanol–water partition coefficient (Wildman–Crippen LogP) is 1.81. The van der Waals surface area contributed by atoms with E-state index < -0.39 is 0 Å². The molecular weight excluding hydrogens is 318 g/mol. The Labute approximate surface area is 134 Å². The minimum absolute atomic E-state index is 0.230. The normalized spacial score (nSPS) is 15.1. The maximum atomic E-state index is 12.4. The van der Waals surface area contributed by atoms with Crippen molar-refractivity contribution in [3.63, 3.8) is 0 Å². The van der Waals surface area contributed by atoms with Gasteiger partial charge in [-0.15, -0.1) is 10.2 Å². The number of thiazole rings is 1. The van der Waals surface area contributed by atoms with Crippen LogP contribution in [0.3, 0.4) is 0 Å². The molecule has 0 saturated heterocycles. The number of benzene rings is 1. The topological polar surface area (TPSA) is 91.2 Å². The van der Waals surface area contributed by atoms with E-state index in [1.165, 1.54) is 11.3 Å². The molecule has 1 aromatic carbocycles. The van der Waals surface area contributed by atoms with Crippen LogP contribution in [0.2, 0.25) is 0 Å². The number of rotatable bonds is 2. The van der Waals surface area contributed by atoms with Gasteiger partial charge in [0, 0.05) is 25.1 Å². The van der Waals surface area contributed by atoms with Crippen molar-refractivity contribution in [3.05, 3.63) is 23.8 Å². The van der Waals surface area contributed by atoms with Crippen molar-refractivity contribution in [2.75, 3.05) is 12.1 Å². The van der Waals surface area contributed by atoms with Crippen LogP contribution in [0.4, 0.5) is 5.13 Å². The highest BCUT2D eigenvalue weighted by atomic mass is 32.1. The van der Waals surface area contributed by atoms with Crippen LogP contribution < -0.4 is 14.8 Å². The summed E-state index contributed by atoms with van der Waals surface area (Å²) in [5, 5.41) is 11.3. The molecule has 2 aliphatic heterocycles. The lowest BCUT2D eigenvalue weighted by Gasteiger charge is -2.01. The number of anilines is 1. The number of hydrogen-bond donors (Lipinski definition) is 1. The summed E-state index contributed by atoms with van der Waals surface area (Å²) in [6.45, 7) is 1.01. The van der Waals surface area contributed by atoms with E-state index in [9.17, 15) is 4.79 Å². The van der Waals surface area contributed by atoms with Crippen molar-refractivity contribution >= 4 is 32.6 Å². The second-order valence-electron chi connectivity index (χ2n) is 5.34. The monoisotopic (exact) mass is 329 g/mol. The molecule has 0 radical (unpaired) electrons. The molecule has 8 nitrogen and oxygen atoms in total. The highest BCUT2D eigenvalue weighted by Gasteiger charge is 2.23. The number of carbonyl (C=O) groups excluding carboxylic acids is 1. The minimum Gasteiger partial charge on any atom is -0.454 e. The zero-order valence-corrected chi connectivity index (χ0v) is 12.7. The summed E-state index contributed by atoms with van der Waals surface area (Å²) in [5.41, 5.74) is 0.765. The van der Waals surface area contributed by atoms with Gasteiger partial charge in [-0.2, -0.15) is 0 Å². The summed E-state index contributed by atoms with van der Waals surface area (Å²) in [7, 11) is 0. The number of amides is 1. The van der Waals surface area contributed by atoms with Crippen LogP contribution in [0.15, 0.2) is 12.1 Å². The first-order valence-corrected chi connectivity index (χ1v) is 8.03. The van der Waals surface area contributed by atoms with Gasteiger partial charge in [-0.05, 0) is 6.42 Å². The van der Waals surface area contributed by atoms with Gasteiger partial charge in [-0.25, -0.2) is 4.98 Å². The summed E-state index contributed by atoms with van der Waals surface area (Å²) in [6, 6.07) is 3.69. The summed E-state index contributed by atoms with van der Waals surface area (Å²) >= 11 is 1.39. The molecule has 0 unspecified atom stereocenters. The average molecular weight is 329 g/mol. The Morgan fingerprint density at radius 1 is 1.26 bits per heavy atom. The van der Waals surface area contributed by atoms with Crippen molar-refractivity contribution in [2.45, 2.75) is 19.4 Å². The largest absolute Gasteiger partial charge is 0.454 e. The molecule has 5 rings (SSSR count). The van der Waals surface area contributed by atoms with Crippen LogP contribution >= 0.6 is 11.3 Å². The lowest BCUT2D eigenvalue weighted by Crippen LogP contribution is -2.17. The quantitative estimate of drug-likeness (QED) is 0.771. The fourth-order valence-electron chi connectivity index (χ4n) is 2.84. The fraction of sp³-hybridized carbons (Fsp3) is 0.286. The smallest absolute Gasteiger partial charge is 0.295 e. The van der Waals surface area contributed by atoms with Crippen LogP contribution in [0.25, 0.3) is 10.2 Å². The minimum atomic E-state index is -0.287. The summed E-state index contributed by atoms with van der Waals surface area (Å²) in [5.74, 6) is 2.30. The highest BCUT2D eigenvalue weighted by molar-refractivity contribution is 7.22. The van der Waals surface area contributed by atoms with Crippen molar-refractivity contribution in [3.8, 4) is 11.5 Å². The molecule has 3 aromatic rings. The lowest BCUT2D eigenvalue weighted by atomic mass is 10.3. The molecular formula is C14H11N5O3S. The molecule has 0 atom stereocenters. The van der Waals surface area contributed by atoms with E-state index >= 15 is 0 Å². The highest BCUT2D eigenvalue weighted by Crippen LogP contribution is 2.39. The van der Waals surface area contributed by atoms with Crippen LogP contribution in [0.1, 0.15) is 22.9 Å². The summed E-state index contributed by atoms with van der Waals surface area (Å²) < 4.78 is 13.5. The maximum Gasteiger partial charge on any atom is 0.295 e. The van der Waals surface area contributed by atoms with Gasteiger partial charge < -0.3 is 14.0 Å². The van der Waals surface area contributed by atoms with E-state index in [4.69, 9.17) is 9.47 Å². The number of aryl methyl sites for hydroxylation is 1. The number of nitrogens with one attached hydrogen (secondary N) is 1. The molecule has 9 heteroatoms. The fourth-order valence-corrected chi connectivity index (χ4v) is 3.71.